The van der Waals surface area contributed by atoms with Crippen molar-refractivity contribution >= 4 is 17.6 Å². The minimum atomic E-state index is -4.62. The highest BCUT2D eigenvalue weighted by molar-refractivity contribution is 5.93. The van der Waals surface area contributed by atoms with E-state index in [4.69, 9.17) is 9.47 Å². The molecular weight excluding hydrogens is 387 g/mol. The Morgan fingerprint density at radius 3 is 2.10 bits per heavy atom. The van der Waals surface area contributed by atoms with Gasteiger partial charge >= 0.3 is 12.1 Å². The molecule has 0 saturated carbocycles. The van der Waals surface area contributed by atoms with Gasteiger partial charge in [0, 0.05) is 0 Å². The van der Waals surface area contributed by atoms with Gasteiger partial charge in [0.05, 0.1) is 11.3 Å². The molecule has 29 heavy (non-hydrogen) atoms. The van der Waals surface area contributed by atoms with Crippen LogP contribution in [0, 0.1) is 0 Å². The molecule has 0 unspecified atom stereocenters. The molecule has 0 fully saturated rings. The summed E-state index contributed by atoms with van der Waals surface area (Å²) in [5.41, 5.74) is -0.695. The highest BCUT2D eigenvalue weighted by Crippen LogP contribution is 2.34. The Hall–Kier alpha value is -3.03. The number of alkyl halides is 3. The van der Waals surface area contributed by atoms with Gasteiger partial charge in [0.15, 0.2) is 13.2 Å². The Morgan fingerprint density at radius 1 is 0.897 bits per heavy atom. The van der Waals surface area contributed by atoms with E-state index in [0.717, 1.165) is 17.7 Å². The number of ether oxygens (including phenoxy) is 2. The van der Waals surface area contributed by atoms with Crippen LogP contribution >= 0.6 is 0 Å². The van der Waals surface area contributed by atoms with Crippen molar-refractivity contribution in [3.05, 3.63) is 59.7 Å². The Labute approximate surface area is 166 Å². The van der Waals surface area contributed by atoms with Crippen LogP contribution in [-0.4, -0.2) is 25.1 Å². The van der Waals surface area contributed by atoms with E-state index in [0.29, 0.717) is 5.75 Å². The normalized spacial score (nSPS) is 11.7. The van der Waals surface area contributed by atoms with Crippen molar-refractivity contribution in [2.24, 2.45) is 0 Å². The number of nitrogens with one attached hydrogen (secondary N) is 1. The predicted molar refractivity (Wildman–Crippen MR) is 102 cm³/mol. The summed E-state index contributed by atoms with van der Waals surface area (Å²) in [6.45, 7) is 4.83. The number of hydrogen-bond acceptors (Lipinski definition) is 4. The molecule has 0 aliphatic carbocycles. The molecule has 156 valence electrons. The van der Waals surface area contributed by atoms with E-state index in [2.05, 4.69) is 5.32 Å². The van der Waals surface area contributed by atoms with Crippen LogP contribution in [0.25, 0.3) is 0 Å². The minimum Gasteiger partial charge on any atom is -0.482 e. The minimum absolute atomic E-state index is 0.202. The standard InChI is InChI=1S/C21H22F3NO4/c1-20(2,3)15-9-5-7-11-17(15)28-13-19(27)29-12-18(26)25-16-10-6-4-8-14(16)21(22,23)24/h4-11H,12-13H2,1-3H3,(H,25,26). The van der Waals surface area contributed by atoms with Gasteiger partial charge in [-0.15, -0.1) is 0 Å². The number of carbonyl (C=O) groups is 2. The average Bonchev–Trinajstić information content (AvgIpc) is 2.64. The molecule has 0 heterocycles. The summed E-state index contributed by atoms with van der Waals surface area (Å²) in [6, 6.07) is 11.8. The number of benzene rings is 2. The van der Waals surface area contributed by atoms with Crippen LogP contribution in [0.3, 0.4) is 0 Å². The van der Waals surface area contributed by atoms with Crippen molar-refractivity contribution in [3.63, 3.8) is 0 Å². The van der Waals surface area contributed by atoms with Crippen LogP contribution in [0.15, 0.2) is 48.5 Å². The van der Waals surface area contributed by atoms with Gasteiger partial charge in [0.25, 0.3) is 5.91 Å². The molecule has 0 aliphatic rings. The van der Waals surface area contributed by atoms with Crippen molar-refractivity contribution in [2.75, 3.05) is 18.5 Å². The fourth-order valence-corrected chi connectivity index (χ4v) is 2.56. The summed E-state index contributed by atoms with van der Waals surface area (Å²) in [5, 5.41) is 2.10. The van der Waals surface area contributed by atoms with Gasteiger partial charge in [-0.3, -0.25) is 4.79 Å². The summed E-state index contributed by atoms with van der Waals surface area (Å²) in [7, 11) is 0. The van der Waals surface area contributed by atoms with E-state index in [9.17, 15) is 22.8 Å². The van der Waals surface area contributed by atoms with Gasteiger partial charge in [-0.1, -0.05) is 51.1 Å². The monoisotopic (exact) mass is 409 g/mol. The zero-order valence-electron chi connectivity index (χ0n) is 16.3. The lowest BCUT2D eigenvalue weighted by Gasteiger charge is -2.22. The van der Waals surface area contributed by atoms with Crippen molar-refractivity contribution in [1.82, 2.24) is 0 Å². The number of anilines is 1. The summed E-state index contributed by atoms with van der Waals surface area (Å²) in [6.07, 6.45) is -4.62. The van der Waals surface area contributed by atoms with E-state index in [1.54, 1.807) is 12.1 Å². The highest BCUT2D eigenvalue weighted by atomic mass is 19.4. The number of para-hydroxylation sites is 2. The van der Waals surface area contributed by atoms with E-state index in [1.165, 1.54) is 12.1 Å². The molecule has 8 heteroatoms. The molecule has 0 bridgehead atoms. The van der Waals surface area contributed by atoms with Gasteiger partial charge in [0.1, 0.15) is 5.75 Å². The largest absolute Gasteiger partial charge is 0.482 e. The quantitative estimate of drug-likeness (QED) is 0.711. The average molecular weight is 409 g/mol. The lowest BCUT2D eigenvalue weighted by Crippen LogP contribution is -2.25. The van der Waals surface area contributed by atoms with E-state index < -0.39 is 42.5 Å². The molecule has 2 aromatic rings. The Morgan fingerprint density at radius 2 is 1.48 bits per heavy atom. The van der Waals surface area contributed by atoms with Crippen LogP contribution in [0.1, 0.15) is 31.9 Å². The van der Waals surface area contributed by atoms with Gasteiger partial charge in [0.2, 0.25) is 0 Å². The SMILES string of the molecule is CC(C)(C)c1ccccc1OCC(=O)OCC(=O)Nc1ccccc1C(F)(F)F. The molecule has 0 aliphatic heterocycles. The highest BCUT2D eigenvalue weighted by Gasteiger charge is 2.33. The van der Waals surface area contributed by atoms with Gasteiger partial charge in [-0.25, -0.2) is 4.79 Å². The second kappa shape index (κ2) is 8.98. The number of carbonyl (C=O) groups excluding carboxylic acids is 2. The number of halogens is 3. The number of hydrogen-bond donors (Lipinski definition) is 1. The lowest BCUT2D eigenvalue weighted by atomic mass is 9.86. The van der Waals surface area contributed by atoms with Gasteiger partial charge in [-0.2, -0.15) is 13.2 Å². The molecule has 0 saturated heterocycles. The molecule has 1 amide bonds. The maximum atomic E-state index is 12.9. The molecule has 2 aromatic carbocycles. The number of esters is 1. The topological polar surface area (TPSA) is 64.6 Å². The van der Waals surface area contributed by atoms with Crippen molar-refractivity contribution in [1.29, 1.82) is 0 Å². The fraction of sp³-hybridized carbons (Fsp3) is 0.333. The molecule has 0 spiro atoms. The Bertz CT molecular complexity index is 873. The van der Waals surface area contributed by atoms with Gasteiger partial charge < -0.3 is 14.8 Å². The van der Waals surface area contributed by atoms with Crippen LogP contribution in [0.4, 0.5) is 18.9 Å². The summed E-state index contributed by atoms with van der Waals surface area (Å²) >= 11 is 0. The molecule has 0 radical (unpaired) electrons. The van der Waals surface area contributed by atoms with E-state index in [1.807, 2.05) is 32.9 Å². The third kappa shape index (κ3) is 6.51. The van der Waals surface area contributed by atoms with Crippen molar-refractivity contribution < 1.29 is 32.2 Å². The zero-order chi connectivity index (χ0) is 21.7. The lowest BCUT2D eigenvalue weighted by molar-refractivity contribution is -0.149. The predicted octanol–water partition coefficient (Wildman–Crippen LogP) is 4.56. The molecule has 5 nitrogen and oxygen atoms in total. The Kier molecular flexibility index (Phi) is 6.89. The smallest absolute Gasteiger partial charge is 0.418 e. The molecule has 0 atom stereocenters. The molecule has 0 aromatic heterocycles. The summed E-state index contributed by atoms with van der Waals surface area (Å²) in [4.78, 5) is 23.7. The first-order chi connectivity index (χ1) is 13.5. The van der Waals surface area contributed by atoms with Crippen molar-refractivity contribution in [3.8, 4) is 5.75 Å². The number of rotatable bonds is 6. The van der Waals surface area contributed by atoms with Crippen LogP contribution < -0.4 is 10.1 Å². The molecular formula is C21H22F3NO4. The Balaban J connectivity index is 1.89. The van der Waals surface area contributed by atoms with Gasteiger partial charge in [-0.05, 0) is 29.2 Å². The zero-order valence-corrected chi connectivity index (χ0v) is 16.3. The van der Waals surface area contributed by atoms with E-state index in [-0.39, 0.29) is 5.41 Å². The molecule has 2 rings (SSSR count). The van der Waals surface area contributed by atoms with Crippen LogP contribution in [-0.2, 0) is 25.9 Å². The second-order valence-electron chi connectivity index (χ2n) is 7.29. The maximum Gasteiger partial charge on any atom is 0.418 e. The molecule has 1 N–H and O–H groups in total. The van der Waals surface area contributed by atoms with Crippen molar-refractivity contribution in [2.45, 2.75) is 32.4 Å². The van der Waals surface area contributed by atoms with Crippen LogP contribution in [0.2, 0.25) is 0 Å². The fourth-order valence-electron chi connectivity index (χ4n) is 2.56. The third-order valence-corrected chi connectivity index (χ3v) is 3.91. The van der Waals surface area contributed by atoms with Crippen LogP contribution in [0.5, 0.6) is 5.75 Å². The third-order valence-electron chi connectivity index (χ3n) is 3.91. The second-order valence-corrected chi connectivity index (χ2v) is 7.29. The van der Waals surface area contributed by atoms with E-state index >= 15 is 0 Å². The summed E-state index contributed by atoms with van der Waals surface area (Å²) in [5.74, 6) is -1.18. The first-order valence-corrected chi connectivity index (χ1v) is 8.82. The number of amides is 1. The first kappa shape index (κ1) is 22.3. The maximum absolute atomic E-state index is 12.9. The summed E-state index contributed by atoms with van der Waals surface area (Å²) < 4.78 is 49.1. The first-order valence-electron chi connectivity index (χ1n) is 8.82.